The first-order valence-corrected chi connectivity index (χ1v) is 10.9. The second-order valence-electron chi connectivity index (χ2n) is 8.37. The maximum Gasteiger partial charge on any atom is 0.243 e. The predicted octanol–water partition coefficient (Wildman–Crippen LogP) is -0.0411. The highest BCUT2D eigenvalue weighted by atomic mass is 16.5. The lowest BCUT2D eigenvalue weighted by atomic mass is 10.1. The third kappa shape index (κ3) is 7.22. The summed E-state index contributed by atoms with van der Waals surface area (Å²) in [5, 5.41) is 7.02. The number of likely N-dealkylation sites (N-methyl/N-ethyl adjacent to an activating group) is 1. The van der Waals surface area contributed by atoms with Gasteiger partial charge in [0.15, 0.2) is 5.96 Å². The Hall–Kier alpha value is -1.38. The van der Waals surface area contributed by atoms with E-state index in [2.05, 4.69) is 25.4 Å². The van der Waals surface area contributed by atoms with Crippen molar-refractivity contribution in [1.82, 2.24) is 25.3 Å². The van der Waals surface area contributed by atoms with Crippen LogP contribution in [-0.2, 0) is 9.53 Å². The van der Waals surface area contributed by atoms with Gasteiger partial charge in [-0.15, -0.1) is 0 Å². The van der Waals surface area contributed by atoms with Crippen molar-refractivity contribution in [3.8, 4) is 0 Å². The molecule has 2 aliphatic heterocycles. The van der Waals surface area contributed by atoms with Crippen LogP contribution in [0.3, 0.4) is 0 Å². The van der Waals surface area contributed by atoms with Gasteiger partial charge in [0.2, 0.25) is 5.91 Å². The van der Waals surface area contributed by atoms with E-state index in [4.69, 9.17) is 4.74 Å². The van der Waals surface area contributed by atoms with E-state index < -0.39 is 0 Å². The fraction of sp³-hybridized carbons (Fsp3) is 0.900. The number of morpholine rings is 1. The lowest BCUT2D eigenvalue weighted by molar-refractivity contribution is -0.127. The van der Waals surface area contributed by atoms with Crippen molar-refractivity contribution in [2.75, 3.05) is 73.1 Å². The SMILES string of the molecule is CN(C)C(=O)CN=C(NCCCN1CCOCC1)NC1CCN(C2CC2)CC1. The van der Waals surface area contributed by atoms with Crippen molar-refractivity contribution in [2.45, 2.75) is 44.2 Å². The van der Waals surface area contributed by atoms with E-state index in [1.807, 2.05) is 0 Å². The van der Waals surface area contributed by atoms with Crippen molar-refractivity contribution < 1.29 is 9.53 Å². The monoisotopic (exact) mass is 394 g/mol. The van der Waals surface area contributed by atoms with Gasteiger partial charge in [-0.1, -0.05) is 0 Å². The topological polar surface area (TPSA) is 72.4 Å². The van der Waals surface area contributed by atoms with Crippen LogP contribution in [0.5, 0.6) is 0 Å². The van der Waals surface area contributed by atoms with Crippen LogP contribution >= 0.6 is 0 Å². The van der Waals surface area contributed by atoms with Gasteiger partial charge >= 0.3 is 0 Å². The van der Waals surface area contributed by atoms with Crippen LogP contribution in [0.25, 0.3) is 0 Å². The number of guanidine groups is 1. The highest BCUT2D eigenvalue weighted by Crippen LogP contribution is 2.29. The van der Waals surface area contributed by atoms with Crippen molar-refractivity contribution in [1.29, 1.82) is 0 Å². The first-order valence-electron chi connectivity index (χ1n) is 10.9. The molecule has 0 atom stereocenters. The van der Waals surface area contributed by atoms with Crippen molar-refractivity contribution in [2.24, 2.45) is 4.99 Å². The van der Waals surface area contributed by atoms with E-state index in [-0.39, 0.29) is 12.5 Å². The van der Waals surface area contributed by atoms with E-state index in [0.717, 1.165) is 70.7 Å². The largest absolute Gasteiger partial charge is 0.379 e. The molecule has 8 heteroatoms. The summed E-state index contributed by atoms with van der Waals surface area (Å²) in [6.07, 6.45) is 6.10. The van der Waals surface area contributed by atoms with Crippen molar-refractivity contribution >= 4 is 11.9 Å². The summed E-state index contributed by atoms with van der Waals surface area (Å²) in [5.74, 6) is 0.806. The first kappa shape index (κ1) is 21.3. The zero-order valence-electron chi connectivity index (χ0n) is 17.7. The molecule has 28 heavy (non-hydrogen) atoms. The molecule has 8 nitrogen and oxygen atoms in total. The Kier molecular flexibility index (Phi) is 8.36. The summed E-state index contributed by atoms with van der Waals surface area (Å²) in [7, 11) is 3.54. The maximum absolute atomic E-state index is 11.9. The fourth-order valence-corrected chi connectivity index (χ4v) is 3.82. The van der Waals surface area contributed by atoms with Gasteiger partial charge in [0.1, 0.15) is 6.54 Å². The highest BCUT2D eigenvalue weighted by molar-refractivity contribution is 5.84. The van der Waals surface area contributed by atoms with E-state index in [9.17, 15) is 4.79 Å². The van der Waals surface area contributed by atoms with Crippen molar-refractivity contribution in [3.63, 3.8) is 0 Å². The molecule has 0 unspecified atom stereocenters. The second-order valence-corrected chi connectivity index (χ2v) is 8.37. The Morgan fingerprint density at radius 3 is 2.46 bits per heavy atom. The maximum atomic E-state index is 11.9. The lowest BCUT2D eigenvalue weighted by Crippen LogP contribution is -2.49. The number of carbonyl (C=O) groups excluding carboxylic acids is 1. The van der Waals surface area contributed by atoms with Gasteiger partial charge in [0, 0.05) is 58.9 Å². The molecule has 0 spiro atoms. The van der Waals surface area contributed by atoms with Crippen LogP contribution in [-0.4, -0.2) is 112 Å². The summed E-state index contributed by atoms with van der Waals surface area (Å²) in [6, 6.07) is 1.29. The molecule has 1 saturated carbocycles. The summed E-state index contributed by atoms with van der Waals surface area (Å²) in [5.41, 5.74) is 0. The van der Waals surface area contributed by atoms with Gasteiger partial charge in [-0.25, -0.2) is 4.99 Å². The normalized spacial score (nSPS) is 22.9. The number of amides is 1. The Bertz CT molecular complexity index is 509. The van der Waals surface area contributed by atoms with Gasteiger partial charge in [-0.2, -0.15) is 0 Å². The van der Waals surface area contributed by atoms with E-state index >= 15 is 0 Å². The van der Waals surface area contributed by atoms with Crippen LogP contribution < -0.4 is 10.6 Å². The number of nitrogens with zero attached hydrogens (tertiary/aromatic N) is 4. The number of likely N-dealkylation sites (tertiary alicyclic amines) is 1. The summed E-state index contributed by atoms with van der Waals surface area (Å²) in [4.78, 5) is 23.1. The Balaban J connectivity index is 1.42. The zero-order valence-corrected chi connectivity index (χ0v) is 17.7. The molecular weight excluding hydrogens is 356 g/mol. The van der Waals surface area contributed by atoms with Gasteiger partial charge in [0.05, 0.1) is 13.2 Å². The fourth-order valence-electron chi connectivity index (χ4n) is 3.82. The number of ether oxygens (including phenoxy) is 1. The third-order valence-corrected chi connectivity index (χ3v) is 5.85. The standard InChI is InChI=1S/C20H38N6O2/c1-24(2)19(27)16-22-20(21-8-3-9-25-12-14-28-15-13-25)23-17-6-10-26(11-7-17)18-4-5-18/h17-18H,3-16H2,1-2H3,(H2,21,22,23). The average Bonchev–Trinajstić information content (AvgIpc) is 3.55. The van der Waals surface area contributed by atoms with E-state index in [0.29, 0.717) is 6.04 Å². The molecule has 0 radical (unpaired) electrons. The number of hydrogen-bond donors (Lipinski definition) is 2. The van der Waals surface area contributed by atoms with Gasteiger partial charge < -0.3 is 25.2 Å². The molecular formula is C20H38N6O2. The Morgan fingerprint density at radius 2 is 1.82 bits per heavy atom. The summed E-state index contributed by atoms with van der Waals surface area (Å²) < 4.78 is 5.40. The summed E-state index contributed by atoms with van der Waals surface area (Å²) in [6.45, 7) is 8.19. The van der Waals surface area contributed by atoms with Crippen LogP contribution in [0.4, 0.5) is 0 Å². The smallest absolute Gasteiger partial charge is 0.243 e. The molecule has 0 aromatic rings. The van der Waals surface area contributed by atoms with Gasteiger partial charge in [-0.3, -0.25) is 9.69 Å². The van der Waals surface area contributed by atoms with E-state index in [1.165, 1.54) is 25.9 Å². The van der Waals surface area contributed by atoms with Crippen LogP contribution in [0.15, 0.2) is 4.99 Å². The quantitative estimate of drug-likeness (QED) is 0.342. The zero-order chi connectivity index (χ0) is 19.8. The number of nitrogens with one attached hydrogen (secondary N) is 2. The molecule has 3 aliphatic rings. The molecule has 2 heterocycles. The first-order chi connectivity index (χ1) is 13.6. The lowest BCUT2D eigenvalue weighted by Gasteiger charge is -2.33. The van der Waals surface area contributed by atoms with E-state index in [1.54, 1.807) is 19.0 Å². The average molecular weight is 395 g/mol. The minimum absolute atomic E-state index is 0.0259. The van der Waals surface area contributed by atoms with Gasteiger partial charge in [0.25, 0.3) is 0 Å². The predicted molar refractivity (Wildman–Crippen MR) is 112 cm³/mol. The van der Waals surface area contributed by atoms with Crippen molar-refractivity contribution in [3.05, 3.63) is 0 Å². The van der Waals surface area contributed by atoms with Crippen LogP contribution in [0, 0.1) is 0 Å². The molecule has 0 aromatic heterocycles. The Morgan fingerprint density at radius 1 is 1.11 bits per heavy atom. The molecule has 1 amide bonds. The highest BCUT2D eigenvalue weighted by Gasteiger charge is 2.31. The number of piperidine rings is 1. The minimum Gasteiger partial charge on any atom is -0.379 e. The second kappa shape index (κ2) is 11.0. The molecule has 160 valence electrons. The molecule has 1 aliphatic carbocycles. The number of hydrogen-bond acceptors (Lipinski definition) is 5. The third-order valence-electron chi connectivity index (χ3n) is 5.85. The molecule has 2 N–H and O–H groups in total. The Labute approximate surface area is 169 Å². The molecule has 3 rings (SSSR count). The molecule has 3 fully saturated rings. The molecule has 0 aromatic carbocycles. The minimum atomic E-state index is 0.0259. The number of carbonyl (C=O) groups is 1. The molecule has 0 bridgehead atoms. The van der Waals surface area contributed by atoms with Crippen LogP contribution in [0.2, 0.25) is 0 Å². The number of aliphatic imine (C=N–C) groups is 1. The van der Waals surface area contributed by atoms with Crippen LogP contribution in [0.1, 0.15) is 32.1 Å². The molecule has 2 saturated heterocycles. The number of rotatable bonds is 8. The summed E-state index contributed by atoms with van der Waals surface area (Å²) >= 11 is 0. The van der Waals surface area contributed by atoms with Gasteiger partial charge in [-0.05, 0) is 38.6 Å².